The van der Waals surface area contributed by atoms with Gasteiger partial charge in [0.05, 0.1) is 5.41 Å². The van der Waals surface area contributed by atoms with Crippen molar-refractivity contribution < 1.29 is 0 Å². The minimum atomic E-state index is -0.538. The molecule has 0 spiro atoms. The Bertz CT molecular complexity index is 1430. The van der Waals surface area contributed by atoms with Gasteiger partial charge in [0, 0.05) is 42.9 Å². The van der Waals surface area contributed by atoms with E-state index in [1.807, 2.05) is 41.5 Å². The van der Waals surface area contributed by atoms with Crippen LogP contribution in [0, 0.1) is 0 Å². The van der Waals surface area contributed by atoms with Gasteiger partial charge >= 0.3 is 5.69 Å². The number of aromatic nitrogens is 8. The van der Waals surface area contributed by atoms with Gasteiger partial charge in [-0.25, -0.2) is 19.4 Å². The summed E-state index contributed by atoms with van der Waals surface area (Å²) in [5, 5.41) is 17.5. The largest absolute Gasteiger partial charge is 0.368 e. The van der Waals surface area contributed by atoms with Crippen molar-refractivity contribution >= 4 is 0 Å². The lowest BCUT2D eigenvalue weighted by Gasteiger charge is -2.31. The Morgan fingerprint density at radius 3 is 2.68 bits per heavy atom. The molecule has 2 N–H and O–H groups in total. The first-order valence-corrected chi connectivity index (χ1v) is 12.9. The predicted molar refractivity (Wildman–Crippen MR) is 142 cm³/mol. The van der Waals surface area contributed by atoms with Gasteiger partial charge < -0.3 is 9.88 Å². The van der Waals surface area contributed by atoms with E-state index < -0.39 is 5.41 Å². The van der Waals surface area contributed by atoms with Crippen molar-refractivity contribution in [3.63, 3.8) is 0 Å². The molecule has 10 heteroatoms. The van der Waals surface area contributed by atoms with Gasteiger partial charge in [-0.05, 0) is 53.7 Å². The molecular formula is C27H33N9O. The van der Waals surface area contributed by atoms with Gasteiger partial charge in [-0.15, -0.1) is 5.10 Å². The Hall–Kier alpha value is -4.21. The number of unbranched alkanes of at least 4 members (excludes halogenated alkanes) is 2. The van der Waals surface area contributed by atoms with Crippen molar-refractivity contribution in [2.24, 2.45) is 0 Å². The van der Waals surface area contributed by atoms with Gasteiger partial charge in [0.2, 0.25) is 5.95 Å². The number of allylic oxidation sites excluding steroid dienone is 2. The van der Waals surface area contributed by atoms with Gasteiger partial charge in [-0.2, -0.15) is 0 Å². The lowest BCUT2D eigenvalue weighted by atomic mass is 9.78. The van der Waals surface area contributed by atoms with E-state index in [-0.39, 0.29) is 5.69 Å². The van der Waals surface area contributed by atoms with Crippen LogP contribution in [0.4, 0.5) is 0 Å². The molecule has 0 saturated heterocycles. The quantitative estimate of drug-likeness (QED) is 0.325. The summed E-state index contributed by atoms with van der Waals surface area (Å²) in [6.07, 6.45) is 18.7. The molecular weight excluding hydrogens is 466 g/mol. The van der Waals surface area contributed by atoms with Crippen LogP contribution in [0.15, 0.2) is 72.2 Å². The first kappa shape index (κ1) is 24.5. The normalized spacial score (nSPS) is 14.2. The van der Waals surface area contributed by atoms with E-state index in [1.54, 1.807) is 10.8 Å². The van der Waals surface area contributed by atoms with E-state index >= 15 is 0 Å². The number of rotatable bonds is 11. The Kier molecular flexibility index (Phi) is 7.16. The molecule has 0 amide bonds. The van der Waals surface area contributed by atoms with Crippen LogP contribution < -0.4 is 11.0 Å². The second-order valence-corrected chi connectivity index (χ2v) is 9.44. The molecule has 0 unspecified atom stereocenters. The molecule has 3 aromatic heterocycles. The predicted octanol–water partition coefficient (Wildman–Crippen LogP) is 3.73. The number of aryl methyl sites for hydroxylation is 2. The van der Waals surface area contributed by atoms with Crippen molar-refractivity contribution in [1.29, 1.82) is 0 Å². The highest BCUT2D eigenvalue weighted by Crippen LogP contribution is 2.33. The van der Waals surface area contributed by atoms with E-state index in [1.165, 1.54) is 0 Å². The maximum Gasteiger partial charge on any atom is 0.335 e. The van der Waals surface area contributed by atoms with E-state index in [0.29, 0.717) is 18.3 Å². The fraction of sp³-hybridized carbons (Fsp3) is 0.370. The average molecular weight is 500 g/mol. The SMILES string of the molecule is CCCCc1cn(-c2nccn2CCCC)c(=O)n1CC1(c2cccc(-c3nnn[nH]3)c2)C=CNC=C1. The summed E-state index contributed by atoms with van der Waals surface area (Å²) < 4.78 is 5.69. The monoisotopic (exact) mass is 499 g/mol. The topological polar surface area (TPSA) is 111 Å². The Labute approximate surface area is 215 Å². The zero-order valence-electron chi connectivity index (χ0n) is 21.3. The van der Waals surface area contributed by atoms with Crippen LogP contribution in [0.3, 0.4) is 0 Å². The van der Waals surface area contributed by atoms with Crippen molar-refractivity contribution in [3.05, 3.63) is 89.1 Å². The zero-order valence-corrected chi connectivity index (χ0v) is 21.3. The van der Waals surface area contributed by atoms with Crippen LogP contribution in [0.2, 0.25) is 0 Å². The molecule has 0 saturated carbocycles. The molecule has 0 bridgehead atoms. The van der Waals surface area contributed by atoms with Gasteiger partial charge in [0.1, 0.15) is 0 Å². The molecule has 0 atom stereocenters. The van der Waals surface area contributed by atoms with E-state index in [2.05, 4.69) is 73.6 Å². The number of tetrazole rings is 1. The molecule has 1 aliphatic rings. The second-order valence-electron chi connectivity index (χ2n) is 9.44. The molecule has 1 aromatic carbocycles. The average Bonchev–Trinajstić information content (AvgIpc) is 3.69. The number of nitrogens with zero attached hydrogens (tertiary/aromatic N) is 7. The molecule has 0 aliphatic carbocycles. The highest BCUT2D eigenvalue weighted by molar-refractivity contribution is 5.57. The summed E-state index contributed by atoms with van der Waals surface area (Å²) in [7, 11) is 0. The number of aromatic amines is 1. The van der Waals surface area contributed by atoms with E-state index in [0.717, 1.165) is 55.5 Å². The third kappa shape index (κ3) is 4.91. The van der Waals surface area contributed by atoms with Crippen LogP contribution in [-0.4, -0.2) is 39.3 Å². The van der Waals surface area contributed by atoms with Crippen molar-refractivity contribution in [2.45, 2.75) is 64.5 Å². The summed E-state index contributed by atoms with van der Waals surface area (Å²) in [6, 6.07) is 8.13. The molecule has 4 heterocycles. The third-order valence-electron chi connectivity index (χ3n) is 6.90. The summed E-state index contributed by atoms with van der Waals surface area (Å²) in [4.78, 5) is 18.5. The second kappa shape index (κ2) is 10.8. The van der Waals surface area contributed by atoms with E-state index in [9.17, 15) is 4.79 Å². The minimum absolute atomic E-state index is 0.0784. The number of imidazole rings is 2. The fourth-order valence-corrected chi connectivity index (χ4v) is 4.81. The van der Waals surface area contributed by atoms with Crippen LogP contribution in [0.25, 0.3) is 17.3 Å². The Morgan fingerprint density at radius 1 is 1.08 bits per heavy atom. The molecule has 5 rings (SSSR count). The fourth-order valence-electron chi connectivity index (χ4n) is 4.81. The molecule has 1 aliphatic heterocycles. The van der Waals surface area contributed by atoms with Gasteiger partial charge in [0.25, 0.3) is 0 Å². The number of dihydropyridines is 1. The first-order chi connectivity index (χ1) is 18.1. The summed E-state index contributed by atoms with van der Waals surface area (Å²) in [5.74, 6) is 1.27. The number of nitrogens with one attached hydrogen (secondary N) is 2. The van der Waals surface area contributed by atoms with E-state index in [4.69, 9.17) is 0 Å². The number of benzene rings is 1. The summed E-state index contributed by atoms with van der Waals surface area (Å²) in [6.45, 7) is 5.62. The molecule has 37 heavy (non-hydrogen) atoms. The zero-order chi connectivity index (χ0) is 25.7. The van der Waals surface area contributed by atoms with Gasteiger partial charge in [-0.1, -0.05) is 57.0 Å². The van der Waals surface area contributed by atoms with Gasteiger partial charge in [-0.3, -0.25) is 4.57 Å². The lowest BCUT2D eigenvalue weighted by Crippen LogP contribution is -2.36. The number of H-pyrrole nitrogens is 1. The highest BCUT2D eigenvalue weighted by Gasteiger charge is 2.31. The molecule has 0 radical (unpaired) electrons. The Balaban J connectivity index is 1.59. The smallest absolute Gasteiger partial charge is 0.335 e. The standard InChI is InChI=1S/C27H33N9O/c1-3-5-10-23-19-35(25-29-15-17-34(25)16-6-4-2)26(37)36(23)20-27(11-13-28-14-12-27)22-9-7-8-21(18-22)24-30-32-33-31-24/h7-9,11-15,17-19,28H,3-6,10,16,20H2,1-2H3,(H,30,31,32,33). The lowest BCUT2D eigenvalue weighted by molar-refractivity contribution is 0.494. The maximum atomic E-state index is 14.0. The number of hydrogen-bond donors (Lipinski definition) is 2. The van der Waals surface area contributed by atoms with Crippen LogP contribution in [0.1, 0.15) is 50.8 Å². The van der Waals surface area contributed by atoms with Crippen molar-refractivity contribution in [2.75, 3.05) is 0 Å². The van der Waals surface area contributed by atoms with Crippen LogP contribution >= 0.6 is 0 Å². The first-order valence-electron chi connectivity index (χ1n) is 12.9. The summed E-state index contributed by atoms with van der Waals surface area (Å²) >= 11 is 0. The van der Waals surface area contributed by atoms with Crippen LogP contribution in [0.5, 0.6) is 0 Å². The minimum Gasteiger partial charge on any atom is -0.368 e. The maximum absolute atomic E-state index is 14.0. The van der Waals surface area contributed by atoms with Gasteiger partial charge in [0.15, 0.2) is 5.82 Å². The molecule has 192 valence electrons. The number of hydrogen-bond acceptors (Lipinski definition) is 6. The highest BCUT2D eigenvalue weighted by atomic mass is 16.1. The molecule has 10 nitrogen and oxygen atoms in total. The Morgan fingerprint density at radius 2 is 1.92 bits per heavy atom. The van der Waals surface area contributed by atoms with Crippen molar-refractivity contribution in [3.8, 4) is 17.3 Å². The summed E-state index contributed by atoms with van der Waals surface area (Å²) in [5.41, 5.74) is 2.32. The third-order valence-corrected chi connectivity index (χ3v) is 6.90. The molecule has 4 aromatic rings. The van der Waals surface area contributed by atoms with Crippen LogP contribution in [-0.2, 0) is 24.9 Å². The van der Waals surface area contributed by atoms with Crippen molar-refractivity contribution in [1.82, 2.24) is 44.6 Å². The molecule has 0 fully saturated rings.